The number of hydrogen-bond acceptors (Lipinski definition) is 4. The van der Waals surface area contributed by atoms with Crippen LogP contribution in [0.4, 0.5) is 5.69 Å². The first-order valence-electron chi connectivity index (χ1n) is 8.47. The number of carbonyl (C=O) groups is 3. The van der Waals surface area contributed by atoms with Crippen LogP contribution in [0.3, 0.4) is 0 Å². The maximum Gasteiger partial charge on any atom is 0.266 e. The van der Waals surface area contributed by atoms with Crippen LogP contribution in [0.2, 0.25) is 0 Å². The van der Waals surface area contributed by atoms with E-state index in [2.05, 4.69) is 5.32 Å². The molecular formula is C19H21N3O3S. The lowest BCUT2D eigenvalue weighted by molar-refractivity contribution is -0.114. The fourth-order valence-corrected chi connectivity index (χ4v) is 4.09. The maximum absolute atomic E-state index is 12.8. The van der Waals surface area contributed by atoms with E-state index in [1.165, 1.54) is 18.3 Å². The van der Waals surface area contributed by atoms with Gasteiger partial charge in [-0.15, -0.1) is 11.3 Å². The van der Waals surface area contributed by atoms with Gasteiger partial charge in [0.15, 0.2) is 0 Å². The van der Waals surface area contributed by atoms with Crippen molar-refractivity contribution in [2.24, 2.45) is 11.7 Å². The number of nitrogens with two attached hydrogens (primary N) is 1. The highest BCUT2D eigenvalue weighted by molar-refractivity contribution is 7.12. The Labute approximate surface area is 156 Å². The minimum atomic E-state index is -0.432. The van der Waals surface area contributed by atoms with Crippen molar-refractivity contribution in [2.75, 3.05) is 18.4 Å². The minimum Gasteiger partial charge on any atom is -0.366 e. The Morgan fingerprint density at radius 1 is 1.31 bits per heavy atom. The summed E-state index contributed by atoms with van der Waals surface area (Å²) in [7, 11) is 0. The highest BCUT2D eigenvalue weighted by Crippen LogP contribution is 2.28. The van der Waals surface area contributed by atoms with E-state index in [0.29, 0.717) is 35.1 Å². The number of amides is 3. The summed E-state index contributed by atoms with van der Waals surface area (Å²) in [6.45, 7) is 2.78. The van der Waals surface area contributed by atoms with Crippen LogP contribution >= 0.6 is 11.3 Å². The lowest BCUT2D eigenvalue weighted by atomic mass is 9.97. The lowest BCUT2D eigenvalue weighted by Crippen LogP contribution is -2.29. The van der Waals surface area contributed by atoms with Crippen molar-refractivity contribution in [3.05, 3.63) is 51.7 Å². The van der Waals surface area contributed by atoms with Gasteiger partial charge in [0, 0.05) is 25.6 Å². The second kappa shape index (κ2) is 7.70. The first kappa shape index (κ1) is 18.1. The van der Waals surface area contributed by atoms with Crippen molar-refractivity contribution in [2.45, 2.75) is 19.8 Å². The molecule has 1 fully saturated rings. The monoisotopic (exact) mass is 371 g/mol. The van der Waals surface area contributed by atoms with Gasteiger partial charge in [-0.3, -0.25) is 14.4 Å². The van der Waals surface area contributed by atoms with E-state index in [4.69, 9.17) is 5.73 Å². The summed E-state index contributed by atoms with van der Waals surface area (Å²) >= 11 is 1.34. The third kappa shape index (κ3) is 4.11. The summed E-state index contributed by atoms with van der Waals surface area (Å²) in [6.07, 6.45) is 1.71. The topological polar surface area (TPSA) is 92.5 Å². The maximum atomic E-state index is 12.8. The number of likely N-dealkylation sites (tertiary alicyclic amines) is 1. The molecule has 1 aromatic carbocycles. The number of rotatable bonds is 5. The summed E-state index contributed by atoms with van der Waals surface area (Å²) in [5.74, 6) is -0.326. The molecule has 3 N–H and O–H groups in total. The Morgan fingerprint density at radius 3 is 2.85 bits per heavy atom. The Balaban J connectivity index is 1.64. The van der Waals surface area contributed by atoms with E-state index in [1.807, 2.05) is 23.1 Å². The number of thiophene rings is 1. The molecule has 0 bridgehead atoms. The highest BCUT2D eigenvalue weighted by atomic mass is 32.1. The van der Waals surface area contributed by atoms with Gasteiger partial charge in [0.2, 0.25) is 11.8 Å². The minimum absolute atomic E-state index is 0.0443. The number of primary amides is 1. The zero-order valence-corrected chi connectivity index (χ0v) is 15.3. The first-order chi connectivity index (χ1) is 12.4. The van der Waals surface area contributed by atoms with Gasteiger partial charge in [0.25, 0.3) is 5.91 Å². The largest absolute Gasteiger partial charge is 0.366 e. The van der Waals surface area contributed by atoms with E-state index in [1.54, 1.807) is 17.5 Å². The van der Waals surface area contributed by atoms with Gasteiger partial charge in [-0.25, -0.2) is 0 Å². The van der Waals surface area contributed by atoms with E-state index < -0.39 is 5.91 Å². The average Bonchev–Trinajstić information content (AvgIpc) is 3.23. The van der Waals surface area contributed by atoms with E-state index in [-0.39, 0.29) is 11.8 Å². The molecule has 26 heavy (non-hydrogen) atoms. The number of anilines is 1. The van der Waals surface area contributed by atoms with Crippen molar-refractivity contribution in [1.29, 1.82) is 0 Å². The van der Waals surface area contributed by atoms with Crippen molar-refractivity contribution < 1.29 is 14.4 Å². The van der Waals surface area contributed by atoms with Gasteiger partial charge in [-0.2, -0.15) is 0 Å². The van der Waals surface area contributed by atoms with Gasteiger partial charge in [0.1, 0.15) is 4.88 Å². The Morgan fingerprint density at radius 2 is 2.12 bits per heavy atom. The normalized spacial score (nSPS) is 16.5. The Hall–Kier alpha value is -2.67. The van der Waals surface area contributed by atoms with Crippen LogP contribution in [0.5, 0.6) is 0 Å². The summed E-state index contributed by atoms with van der Waals surface area (Å²) in [4.78, 5) is 37.8. The number of benzene rings is 1. The average molecular weight is 371 g/mol. The van der Waals surface area contributed by atoms with E-state index in [0.717, 1.165) is 18.4 Å². The van der Waals surface area contributed by atoms with Gasteiger partial charge < -0.3 is 16.0 Å². The SMILES string of the molecule is CC(=O)Nc1ccsc1C(=O)N1CC[C@H](Cc2cccc(C(N)=O)c2)C1. The van der Waals surface area contributed by atoms with E-state index in [9.17, 15) is 14.4 Å². The molecule has 1 aliphatic rings. The molecule has 6 nitrogen and oxygen atoms in total. The van der Waals surface area contributed by atoms with Gasteiger partial charge in [-0.05, 0) is 47.9 Å². The molecule has 3 amide bonds. The summed E-state index contributed by atoms with van der Waals surface area (Å²) in [6, 6.07) is 9.09. The van der Waals surface area contributed by atoms with Gasteiger partial charge in [-0.1, -0.05) is 12.1 Å². The third-order valence-electron chi connectivity index (χ3n) is 4.48. The molecule has 0 spiro atoms. The standard InChI is InChI=1S/C19H21N3O3S/c1-12(23)21-16-6-8-26-17(16)19(25)22-7-5-14(11-22)9-13-3-2-4-15(10-13)18(20)24/h2-4,6,8,10,14H,5,7,9,11H2,1H3,(H2,20,24)(H,21,23)/t14-/m1/s1. The molecule has 7 heteroatoms. The molecule has 1 atom stereocenters. The molecule has 1 aliphatic heterocycles. The van der Waals surface area contributed by atoms with Crippen LogP contribution in [0.15, 0.2) is 35.7 Å². The molecule has 3 rings (SSSR count). The van der Waals surface area contributed by atoms with Crippen molar-refractivity contribution in [1.82, 2.24) is 4.90 Å². The van der Waals surface area contributed by atoms with Gasteiger partial charge in [0.05, 0.1) is 5.69 Å². The van der Waals surface area contributed by atoms with E-state index >= 15 is 0 Å². The summed E-state index contributed by atoms with van der Waals surface area (Å²) in [5.41, 5.74) is 7.47. The number of carbonyl (C=O) groups excluding carboxylic acids is 3. The van der Waals surface area contributed by atoms with Crippen molar-refractivity contribution >= 4 is 34.7 Å². The predicted molar refractivity (Wildman–Crippen MR) is 101 cm³/mol. The van der Waals surface area contributed by atoms with Crippen LogP contribution in [0.1, 0.15) is 38.9 Å². The second-order valence-corrected chi connectivity index (χ2v) is 7.44. The molecule has 0 radical (unpaired) electrons. The number of nitrogens with one attached hydrogen (secondary N) is 1. The van der Waals surface area contributed by atoms with Crippen LogP contribution in [0, 0.1) is 5.92 Å². The lowest BCUT2D eigenvalue weighted by Gasteiger charge is -2.17. The molecule has 1 saturated heterocycles. The molecule has 0 aliphatic carbocycles. The summed E-state index contributed by atoms with van der Waals surface area (Å²) in [5, 5.41) is 4.51. The third-order valence-corrected chi connectivity index (χ3v) is 5.38. The van der Waals surface area contributed by atoms with Crippen LogP contribution in [-0.2, 0) is 11.2 Å². The molecule has 0 saturated carbocycles. The second-order valence-electron chi connectivity index (χ2n) is 6.52. The highest BCUT2D eigenvalue weighted by Gasteiger charge is 2.29. The number of hydrogen-bond donors (Lipinski definition) is 2. The molecule has 2 heterocycles. The molecule has 2 aromatic rings. The van der Waals surface area contributed by atoms with Crippen LogP contribution < -0.4 is 11.1 Å². The zero-order chi connectivity index (χ0) is 18.7. The molecule has 0 unspecified atom stereocenters. The quantitative estimate of drug-likeness (QED) is 0.846. The summed E-state index contributed by atoms with van der Waals surface area (Å²) < 4.78 is 0. The fourth-order valence-electron chi connectivity index (χ4n) is 3.28. The zero-order valence-electron chi connectivity index (χ0n) is 14.5. The molecule has 1 aromatic heterocycles. The first-order valence-corrected chi connectivity index (χ1v) is 9.35. The molecule has 136 valence electrons. The smallest absolute Gasteiger partial charge is 0.266 e. The van der Waals surface area contributed by atoms with Crippen LogP contribution in [0.25, 0.3) is 0 Å². The Bertz CT molecular complexity index is 846. The molecular weight excluding hydrogens is 350 g/mol. The van der Waals surface area contributed by atoms with Crippen LogP contribution in [-0.4, -0.2) is 35.7 Å². The van der Waals surface area contributed by atoms with Crippen molar-refractivity contribution in [3.63, 3.8) is 0 Å². The number of nitrogens with zero attached hydrogens (tertiary/aromatic N) is 1. The predicted octanol–water partition coefficient (Wildman–Crippen LogP) is 2.51. The van der Waals surface area contributed by atoms with Gasteiger partial charge >= 0.3 is 0 Å². The Kier molecular flexibility index (Phi) is 5.37. The fraction of sp³-hybridized carbons (Fsp3) is 0.316. The van der Waals surface area contributed by atoms with Crippen molar-refractivity contribution in [3.8, 4) is 0 Å².